The van der Waals surface area contributed by atoms with Gasteiger partial charge < -0.3 is 28.8 Å². The number of carboxylic acid groups (broad SMARTS) is 1. The lowest BCUT2D eigenvalue weighted by atomic mass is 9.97. The van der Waals surface area contributed by atoms with Gasteiger partial charge in [0.2, 0.25) is 0 Å². The van der Waals surface area contributed by atoms with Crippen molar-refractivity contribution < 1.29 is 38.4 Å². The summed E-state index contributed by atoms with van der Waals surface area (Å²) in [5.74, 6) is 0.423. The number of halogens is 1. The number of methoxy groups -OCH3 is 2. The molecule has 4 aromatic rings. The Kier molecular flexibility index (Phi) is 10.7. The molecule has 3 aromatic carbocycles. The molecule has 0 unspecified atom stereocenters. The molecule has 0 fully saturated rings. The minimum atomic E-state index is -0.997. The first kappa shape index (κ1) is 33.7. The predicted molar refractivity (Wildman–Crippen MR) is 183 cm³/mol. The first-order chi connectivity index (χ1) is 22.7. The first-order valence-electron chi connectivity index (χ1n) is 14.5. The summed E-state index contributed by atoms with van der Waals surface area (Å²) in [5.41, 5.74) is 2.18. The van der Waals surface area contributed by atoms with Crippen LogP contribution >= 0.6 is 33.9 Å². The summed E-state index contributed by atoms with van der Waals surface area (Å²) in [4.78, 5) is 42.9. The molecule has 1 aliphatic rings. The Bertz CT molecular complexity index is 2030. The number of nitrogens with zero attached hydrogens (tertiary/aromatic N) is 2. The lowest BCUT2D eigenvalue weighted by molar-refractivity contribution is -0.136. The van der Waals surface area contributed by atoms with Crippen LogP contribution in [0.1, 0.15) is 46.9 Å². The summed E-state index contributed by atoms with van der Waals surface area (Å²) in [6, 6.07) is 14.6. The summed E-state index contributed by atoms with van der Waals surface area (Å²) in [5, 5.41) is 9.14. The van der Waals surface area contributed by atoms with E-state index in [0.29, 0.717) is 56.7 Å². The molecule has 0 radical (unpaired) electrons. The Morgan fingerprint density at radius 1 is 0.979 bits per heavy atom. The van der Waals surface area contributed by atoms with Crippen LogP contribution in [0.2, 0.25) is 0 Å². The second-order valence-corrected chi connectivity index (χ2v) is 12.2. The van der Waals surface area contributed by atoms with Gasteiger partial charge in [0.15, 0.2) is 27.8 Å². The Balaban J connectivity index is 1.53. The van der Waals surface area contributed by atoms with Crippen LogP contribution in [0.25, 0.3) is 6.08 Å². The van der Waals surface area contributed by atoms with Crippen molar-refractivity contribution in [3.8, 4) is 23.0 Å². The third kappa shape index (κ3) is 7.20. The van der Waals surface area contributed by atoms with Crippen LogP contribution < -0.4 is 33.8 Å². The van der Waals surface area contributed by atoms with Crippen molar-refractivity contribution in [2.24, 2.45) is 4.99 Å². The fraction of sp³-hybridized carbons (Fsp3) is 0.235. The van der Waals surface area contributed by atoms with E-state index < -0.39 is 18.0 Å². The van der Waals surface area contributed by atoms with Crippen molar-refractivity contribution in [3.63, 3.8) is 0 Å². The molecular formula is C34H31IN2O9S. The number of esters is 1. The van der Waals surface area contributed by atoms with Gasteiger partial charge in [0, 0.05) is 6.20 Å². The van der Waals surface area contributed by atoms with Crippen molar-refractivity contribution in [3.05, 3.63) is 112 Å². The number of carbonyl (C=O) groups excluding carboxylic acids is 1. The number of aromatic carboxylic acids is 1. The molecule has 11 nitrogen and oxygen atoms in total. The van der Waals surface area contributed by atoms with E-state index in [1.165, 1.54) is 48.5 Å². The van der Waals surface area contributed by atoms with Gasteiger partial charge >= 0.3 is 11.9 Å². The Labute approximate surface area is 287 Å². The third-order valence-corrected chi connectivity index (χ3v) is 8.94. The Hall–Kier alpha value is -4.63. The molecule has 0 amide bonds. The Morgan fingerprint density at radius 2 is 1.70 bits per heavy atom. The van der Waals surface area contributed by atoms with E-state index in [9.17, 15) is 14.4 Å². The zero-order chi connectivity index (χ0) is 33.7. The van der Waals surface area contributed by atoms with E-state index in [1.807, 2.05) is 19.9 Å². The van der Waals surface area contributed by atoms with Crippen LogP contribution in [0.3, 0.4) is 0 Å². The van der Waals surface area contributed by atoms with Gasteiger partial charge in [-0.1, -0.05) is 29.5 Å². The molecule has 1 N–H and O–H groups in total. The number of ether oxygens (including phenoxy) is 5. The quantitative estimate of drug-likeness (QED) is 0.161. The molecule has 1 aromatic heterocycles. The molecule has 0 bridgehead atoms. The van der Waals surface area contributed by atoms with Crippen molar-refractivity contribution in [2.45, 2.75) is 26.5 Å². The zero-order valence-corrected chi connectivity index (χ0v) is 28.9. The molecular weight excluding hydrogens is 739 g/mol. The second kappa shape index (κ2) is 14.9. The van der Waals surface area contributed by atoms with Gasteiger partial charge in [-0.05, 0) is 95.6 Å². The second-order valence-electron chi connectivity index (χ2n) is 10.1. The largest absolute Gasteiger partial charge is 0.493 e. The van der Waals surface area contributed by atoms with Crippen LogP contribution in [0.5, 0.6) is 23.0 Å². The number of hydrogen-bond acceptors (Lipinski definition) is 10. The highest BCUT2D eigenvalue weighted by atomic mass is 127. The van der Waals surface area contributed by atoms with E-state index in [1.54, 1.807) is 42.5 Å². The van der Waals surface area contributed by atoms with Crippen LogP contribution in [0.4, 0.5) is 0 Å². The molecule has 244 valence electrons. The fourth-order valence-electron chi connectivity index (χ4n) is 5.00. The number of rotatable bonds is 12. The van der Waals surface area contributed by atoms with E-state index >= 15 is 0 Å². The SMILES string of the molecule is CCOc1ccc([C@@H]2C(C(=O)OC)=CN=c3s/c(=C\c4cc(I)c(OCc5ccc(C(=O)O)cc5)c(OC)c4)c(=O)n32)cc1OCC. The van der Waals surface area contributed by atoms with E-state index in [-0.39, 0.29) is 23.3 Å². The number of benzene rings is 3. The van der Waals surface area contributed by atoms with Gasteiger partial charge in [-0.15, -0.1) is 0 Å². The summed E-state index contributed by atoms with van der Waals surface area (Å²) >= 11 is 3.34. The highest BCUT2D eigenvalue weighted by molar-refractivity contribution is 14.1. The molecule has 2 heterocycles. The maximum absolute atomic E-state index is 14.0. The van der Waals surface area contributed by atoms with Crippen LogP contribution in [0, 0.1) is 3.57 Å². The molecule has 13 heteroatoms. The van der Waals surface area contributed by atoms with Crippen LogP contribution in [-0.2, 0) is 16.1 Å². The van der Waals surface area contributed by atoms with Crippen molar-refractivity contribution >= 4 is 51.9 Å². The highest BCUT2D eigenvalue weighted by Crippen LogP contribution is 2.36. The summed E-state index contributed by atoms with van der Waals surface area (Å²) in [7, 11) is 2.81. The molecule has 0 saturated carbocycles. The molecule has 5 rings (SSSR count). The summed E-state index contributed by atoms with van der Waals surface area (Å²) in [6.07, 6.45) is 3.18. The monoisotopic (exact) mass is 770 g/mol. The van der Waals surface area contributed by atoms with E-state index in [0.717, 1.165) is 9.13 Å². The number of fused-ring (bicyclic) bond motifs is 1. The van der Waals surface area contributed by atoms with Gasteiger partial charge in [0.05, 0.1) is 52.7 Å². The molecule has 1 atom stereocenters. The predicted octanol–water partition coefficient (Wildman–Crippen LogP) is 4.71. The standard InChI is InChI=1S/C34H31IN2O9S/c1-5-44-25-12-11-22(16-26(25)45-6-2)29-23(33(41)43-4)17-36-34-37(29)31(38)28(47-34)15-20-13-24(35)30(27(14-20)42-3)46-18-19-7-9-21(10-8-19)32(39)40/h7-17,29H,5-6,18H2,1-4H3,(H,39,40)/b28-15-/t29-/m1/s1. The number of thiazole rings is 1. The van der Waals surface area contributed by atoms with E-state index in [4.69, 9.17) is 28.8 Å². The average Bonchev–Trinajstić information content (AvgIpc) is 3.38. The van der Waals surface area contributed by atoms with Crippen molar-refractivity contribution in [1.82, 2.24) is 4.57 Å². The molecule has 1 aliphatic heterocycles. The molecule has 47 heavy (non-hydrogen) atoms. The van der Waals surface area contributed by atoms with Gasteiger partial charge in [-0.3, -0.25) is 9.36 Å². The maximum Gasteiger partial charge on any atom is 0.337 e. The van der Waals surface area contributed by atoms with Gasteiger partial charge in [-0.2, -0.15) is 0 Å². The summed E-state index contributed by atoms with van der Waals surface area (Å²) < 4.78 is 30.9. The smallest absolute Gasteiger partial charge is 0.337 e. The number of carbonyl (C=O) groups is 2. The lowest BCUT2D eigenvalue weighted by Gasteiger charge is -2.23. The lowest BCUT2D eigenvalue weighted by Crippen LogP contribution is -2.39. The Morgan fingerprint density at radius 3 is 2.36 bits per heavy atom. The minimum absolute atomic E-state index is 0.193. The minimum Gasteiger partial charge on any atom is -0.493 e. The highest BCUT2D eigenvalue weighted by Gasteiger charge is 2.31. The van der Waals surface area contributed by atoms with Crippen LogP contribution in [0.15, 0.2) is 76.2 Å². The number of carboxylic acids is 1. The molecule has 0 spiro atoms. The number of hydrogen-bond donors (Lipinski definition) is 1. The van der Waals surface area contributed by atoms with Gasteiger partial charge in [0.25, 0.3) is 5.56 Å². The van der Waals surface area contributed by atoms with Gasteiger partial charge in [-0.25, -0.2) is 14.6 Å². The van der Waals surface area contributed by atoms with Crippen LogP contribution in [-0.4, -0.2) is 49.0 Å². The number of aromatic nitrogens is 1. The summed E-state index contributed by atoms with van der Waals surface area (Å²) in [6.45, 7) is 4.78. The molecule has 0 aliphatic carbocycles. The average molecular weight is 771 g/mol. The van der Waals surface area contributed by atoms with Gasteiger partial charge in [0.1, 0.15) is 6.61 Å². The van der Waals surface area contributed by atoms with E-state index in [2.05, 4.69) is 27.6 Å². The normalized spacial score (nSPS) is 14.0. The molecule has 0 saturated heterocycles. The van der Waals surface area contributed by atoms with Crippen molar-refractivity contribution in [1.29, 1.82) is 0 Å². The van der Waals surface area contributed by atoms with Crippen molar-refractivity contribution in [2.75, 3.05) is 27.4 Å². The fourth-order valence-corrected chi connectivity index (χ4v) is 6.75. The third-order valence-electron chi connectivity index (χ3n) is 7.14. The maximum atomic E-state index is 14.0. The topological polar surface area (TPSA) is 135 Å². The first-order valence-corrected chi connectivity index (χ1v) is 16.4. The zero-order valence-electron chi connectivity index (χ0n) is 25.9.